The monoisotopic (exact) mass is 398 g/mol. The van der Waals surface area contributed by atoms with Gasteiger partial charge in [-0.2, -0.15) is 5.10 Å². The van der Waals surface area contributed by atoms with E-state index >= 15 is 0 Å². The number of nitro groups is 1. The molecule has 0 aliphatic rings. The molecule has 0 aliphatic carbocycles. The van der Waals surface area contributed by atoms with Crippen LogP contribution in [0, 0.1) is 10.1 Å². The van der Waals surface area contributed by atoms with Crippen LogP contribution in [0.25, 0.3) is 5.69 Å². The third-order valence-electron chi connectivity index (χ3n) is 3.67. The minimum atomic E-state index is -0.456. The summed E-state index contributed by atoms with van der Waals surface area (Å²) >= 11 is 5.85. The van der Waals surface area contributed by atoms with Crippen LogP contribution in [-0.4, -0.2) is 28.2 Å². The lowest BCUT2D eigenvalue weighted by atomic mass is 10.3. The zero-order valence-electron chi connectivity index (χ0n) is 14.5. The number of nitro benzene ring substituents is 1. The number of carbonyl (C=O) groups is 1. The van der Waals surface area contributed by atoms with Gasteiger partial charge >= 0.3 is 0 Å². The molecule has 1 N–H and O–H groups in total. The van der Waals surface area contributed by atoms with Crippen molar-refractivity contribution >= 4 is 29.4 Å². The van der Waals surface area contributed by atoms with Crippen LogP contribution >= 0.6 is 11.6 Å². The van der Waals surface area contributed by atoms with Crippen molar-refractivity contribution in [3.05, 3.63) is 87.7 Å². The van der Waals surface area contributed by atoms with Crippen LogP contribution in [0.5, 0.6) is 5.75 Å². The highest BCUT2D eigenvalue weighted by atomic mass is 35.5. The van der Waals surface area contributed by atoms with Crippen molar-refractivity contribution < 1.29 is 14.5 Å². The number of benzene rings is 2. The molecule has 1 amide bonds. The molecule has 0 unspecified atom stereocenters. The minimum Gasteiger partial charge on any atom is -0.484 e. The zero-order valence-corrected chi connectivity index (χ0v) is 15.2. The summed E-state index contributed by atoms with van der Waals surface area (Å²) < 4.78 is 7.11. The van der Waals surface area contributed by atoms with E-state index in [-0.39, 0.29) is 12.3 Å². The highest BCUT2D eigenvalue weighted by Crippen LogP contribution is 2.17. The van der Waals surface area contributed by atoms with Crippen LogP contribution in [0.1, 0.15) is 5.69 Å². The molecule has 3 aromatic rings. The molecule has 0 saturated heterocycles. The predicted octanol–water partition coefficient (Wildman–Crippen LogP) is 3.57. The summed E-state index contributed by atoms with van der Waals surface area (Å²) in [6, 6.07) is 16.4. The van der Waals surface area contributed by atoms with Gasteiger partial charge in [-0.3, -0.25) is 14.9 Å². The second-order valence-corrected chi connectivity index (χ2v) is 6.05. The van der Waals surface area contributed by atoms with Gasteiger partial charge in [0.05, 0.1) is 16.8 Å². The highest BCUT2D eigenvalue weighted by Gasteiger charge is 2.07. The first-order valence-corrected chi connectivity index (χ1v) is 8.53. The molecule has 0 saturated carbocycles. The van der Waals surface area contributed by atoms with Gasteiger partial charge in [0, 0.05) is 29.0 Å². The molecule has 0 radical (unpaired) electrons. The van der Waals surface area contributed by atoms with Crippen LogP contribution in [0.15, 0.2) is 72.0 Å². The van der Waals surface area contributed by atoms with Gasteiger partial charge in [-0.15, -0.1) is 0 Å². The number of nitrogens with one attached hydrogen (secondary N) is 1. The topological polar surface area (TPSA) is 98.8 Å². The lowest BCUT2D eigenvalue weighted by molar-refractivity contribution is -0.384. The molecule has 0 bridgehead atoms. The summed E-state index contributed by atoms with van der Waals surface area (Å²) in [4.78, 5) is 22.1. The molecule has 2 aromatic carbocycles. The second kappa shape index (κ2) is 8.83. The van der Waals surface area contributed by atoms with Crippen molar-refractivity contribution in [1.29, 1.82) is 0 Å². The average Bonchev–Trinajstić information content (AvgIpc) is 3.15. The van der Waals surface area contributed by atoms with E-state index in [0.29, 0.717) is 16.5 Å². The number of non-ortho nitro benzene ring substituents is 1. The fraction of sp³-hybridized carbons (Fsp3) is 0.0526. The Morgan fingerprint density at radius 1 is 1.21 bits per heavy atom. The Labute approximate surface area is 165 Å². The van der Waals surface area contributed by atoms with Gasteiger partial charge < -0.3 is 9.30 Å². The SMILES string of the molecule is O=C(COc1cccc(Cl)c1)NN=Cc1cccn1-c1ccc([N+](=O)[O-])cc1. The first-order valence-electron chi connectivity index (χ1n) is 8.15. The number of halogens is 1. The summed E-state index contributed by atoms with van der Waals surface area (Å²) in [6.07, 6.45) is 3.26. The number of amides is 1. The average molecular weight is 399 g/mol. The third kappa shape index (κ3) is 4.95. The molecular weight excluding hydrogens is 384 g/mol. The van der Waals surface area contributed by atoms with Crippen molar-refractivity contribution in [3.8, 4) is 11.4 Å². The summed E-state index contributed by atoms with van der Waals surface area (Å²) in [5.41, 5.74) is 3.80. The zero-order chi connectivity index (χ0) is 19.9. The van der Waals surface area contributed by atoms with Crippen molar-refractivity contribution in [1.82, 2.24) is 9.99 Å². The van der Waals surface area contributed by atoms with Crippen LogP contribution in [0.2, 0.25) is 5.02 Å². The van der Waals surface area contributed by atoms with Crippen molar-refractivity contribution in [2.24, 2.45) is 5.10 Å². The molecule has 8 nitrogen and oxygen atoms in total. The van der Waals surface area contributed by atoms with E-state index in [1.807, 2.05) is 0 Å². The minimum absolute atomic E-state index is 0.0121. The number of rotatable bonds is 7. The molecular formula is C19H15ClN4O4. The molecule has 1 aromatic heterocycles. The molecule has 142 valence electrons. The van der Waals surface area contributed by atoms with E-state index in [2.05, 4.69) is 10.5 Å². The van der Waals surface area contributed by atoms with Gasteiger partial charge in [0.25, 0.3) is 11.6 Å². The Balaban J connectivity index is 1.58. The van der Waals surface area contributed by atoms with Gasteiger partial charge in [0.2, 0.25) is 0 Å². The van der Waals surface area contributed by atoms with E-state index in [9.17, 15) is 14.9 Å². The Bertz CT molecular complexity index is 1010. The maximum absolute atomic E-state index is 11.8. The van der Waals surface area contributed by atoms with Crippen LogP contribution in [0.3, 0.4) is 0 Å². The van der Waals surface area contributed by atoms with Crippen molar-refractivity contribution in [2.75, 3.05) is 6.61 Å². The largest absolute Gasteiger partial charge is 0.484 e. The third-order valence-corrected chi connectivity index (χ3v) is 3.91. The fourth-order valence-corrected chi connectivity index (χ4v) is 2.56. The second-order valence-electron chi connectivity index (χ2n) is 5.62. The number of hydrogen-bond donors (Lipinski definition) is 1. The highest BCUT2D eigenvalue weighted by molar-refractivity contribution is 6.30. The van der Waals surface area contributed by atoms with Gasteiger partial charge in [-0.1, -0.05) is 17.7 Å². The van der Waals surface area contributed by atoms with Gasteiger partial charge in [-0.25, -0.2) is 5.43 Å². The number of ether oxygens (including phenoxy) is 1. The number of nitrogens with zero attached hydrogens (tertiary/aromatic N) is 3. The van der Waals surface area contributed by atoms with Crippen molar-refractivity contribution in [2.45, 2.75) is 0 Å². The standard InChI is InChI=1S/C19H15ClN4O4/c20-14-3-1-5-18(11-14)28-13-19(25)22-21-12-17-4-2-10-23(17)15-6-8-16(9-7-15)24(26)27/h1-12H,13H2,(H,22,25). The maximum atomic E-state index is 11.8. The van der Waals surface area contributed by atoms with Crippen LogP contribution in [-0.2, 0) is 4.79 Å². The van der Waals surface area contributed by atoms with E-state index in [1.54, 1.807) is 59.3 Å². The number of carbonyl (C=O) groups excluding carboxylic acids is 1. The molecule has 9 heteroatoms. The maximum Gasteiger partial charge on any atom is 0.277 e. The summed E-state index contributed by atoms with van der Waals surface area (Å²) in [7, 11) is 0. The molecule has 0 atom stereocenters. The predicted molar refractivity (Wildman–Crippen MR) is 105 cm³/mol. The van der Waals surface area contributed by atoms with Crippen LogP contribution < -0.4 is 10.2 Å². The quantitative estimate of drug-likeness (QED) is 0.373. The Morgan fingerprint density at radius 2 is 2.00 bits per heavy atom. The van der Waals surface area contributed by atoms with Crippen LogP contribution in [0.4, 0.5) is 5.69 Å². The van der Waals surface area contributed by atoms with Gasteiger partial charge in [0.15, 0.2) is 6.61 Å². The normalized spacial score (nSPS) is 10.8. The summed E-state index contributed by atoms with van der Waals surface area (Å²) in [5, 5.41) is 15.2. The number of hydrogen-bond acceptors (Lipinski definition) is 5. The Morgan fingerprint density at radius 3 is 2.71 bits per heavy atom. The summed E-state index contributed by atoms with van der Waals surface area (Å²) in [5.74, 6) is 0.0587. The number of hydrazone groups is 1. The summed E-state index contributed by atoms with van der Waals surface area (Å²) in [6.45, 7) is -0.207. The lowest BCUT2D eigenvalue weighted by Crippen LogP contribution is -2.24. The molecule has 0 aliphatic heterocycles. The molecule has 28 heavy (non-hydrogen) atoms. The van der Waals surface area contributed by atoms with Gasteiger partial charge in [-0.05, 0) is 42.5 Å². The first-order chi connectivity index (χ1) is 13.5. The van der Waals surface area contributed by atoms with E-state index in [4.69, 9.17) is 16.3 Å². The van der Waals surface area contributed by atoms with E-state index in [0.717, 1.165) is 5.69 Å². The molecule has 0 spiro atoms. The first kappa shape index (κ1) is 19.1. The molecule has 3 rings (SSSR count). The smallest absolute Gasteiger partial charge is 0.277 e. The van der Waals surface area contributed by atoms with Gasteiger partial charge in [0.1, 0.15) is 5.75 Å². The van der Waals surface area contributed by atoms with Crippen molar-refractivity contribution in [3.63, 3.8) is 0 Å². The lowest BCUT2D eigenvalue weighted by Gasteiger charge is -2.06. The Hall–Kier alpha value is -3.65. The molecule has 1 heterocycles. The fourth-order valence-electron chi connectivity index (χ4n) is 2.38. The van der Waals surface area contributed by atoms with E-state index in [1.165, 1.54) is 18.3 Å². The Kier molecular flexibility index (Phi) is 6.03. The number of aromatic nitrogens is 1. The van der Waals surface area contributed by atoms with E-state index < -0.39 is 10.8 Å². The molecule has 0 fully saturated rings.